The summed E-state index contributed by atoms with van der Waals surface area (Å²) in [4.78, 5) is 0. The fraction of sp³-hybridized carbons (Fsp3) is 0.500. The van der Waals surface area contributed by atoms with Crippen molar-refractivity contribution in [2.24, 2.45) is 11.7 Å². The van der Waals surface area contributed by atoms with Crippen LogP contribution in [0, 0.1) is 35.0 Å². The van der Waals surface area contributed by atoms with Gasteiger partial charge in [-0.05, 0) is 12.3 Å². The van der Waals surface area contributed by atoms with E-state index in [1.165, 1.54) is 0 Å². The summed E-state index contributed by atoms with van der Waals surface area (Å²) in [6.07, 6.45) is 0.558. The summed E-state index contributed by atoms with van der Waals surface area (Å²) in [6, 6.07) is -0.449. The van der Waals surface area contributed by atoms with Crippen molar-refractivity contribution in [3.63, 3.8) is 0 Å². The summed E-state index contributed by atoms with van der Waals surface area (Å²) >= 11 is 0. The lowest BCUT2D eigenvalue weighted by Gasteiger charge is -2.16. The van der Waals surface area contributed by atoms with Crippen molar-refractivity contribution >= 4 is 5.69 Å². The lowest BCUT2D eigenvalue weighted by molar-refractivity contribution is 0.381. The third-order valence-corrected chi connectivity index (χ3v) is 2.52. The molecule has 0 fully saturated rings. The summed E-state index contributed by atoms with van der Waals surface area (Å²) in [6.45, 7) is 3.72. The Morgan fingerprint density at radius 2 is 1.32 bits per heavy atom. The van der Waals surface area contributed by atoms with Gasteiger partial charge in [0.15, 0.2) is 23.3 Å². The Balaban J connectivity index is 2.90. The minimum Gasteiger partial charge on any atom is -0.379 e. The zero-order chi connectivity index (χ0) is 14.7. The SMILES string of the molecule is CC(C)CC(N)CNc1c(F)c(F)c(F)c(F)c1F. The Kier molecular flexibility index (Phi) is 5.11. The lowest BCUT2D eigenvalue weighted by Crippen LogP contribution is -2.31. The molecular weight excluding hydrogens is 267 g/mol. The van der Waals surface area contributed by atoms with Crippen molar-refractivity contribution in [3.05, 3.63) is 29.1 Å². The van der Waals surface area contributed by atoms with Gasteiger partial charge in [0.25, 0.3) is 0 Å². The van der Waals surface area contributed by atoms with E-state index in [2.05, 4.69) is 5.32 Å². The molecule has 1 unspecified atom stereocenters. The van der Waals surface area contributed by atoms with Gasteiger partial charge in [0.1, 0.15) is 5.69 Å². The van der Waals surface area contributed by atoms with Crippen LogP contribution in [0.2, 0.25) is 0 Å². The van der Waals surface area contributed by atoms with Crippen LogP contribution in [0.4, 0.5) is 27.6 Å². The Bertz CT molecular complexity index is 433. The van der Waals surface area contributed by atoms with E-state index in [0.717, 1.165) is 0 Å². The van der Waals surface area contributed by atoms with Crippen LogP contribution in [0.1, 0.15) is 20.3 Å². The van der Waals surface area contributed by atoms with Crippen molar-refractivity contribution < 1.29 is 22.0 Å². The van der Waals surface area contributed by atoms with Crippen LogP contribution in [0.5, 0.6) is 0 Å². The monoisotopic (exact) mass is 282 g/mol. The molecule has 0 spiro atoms. The van der Waals surface area contributed by atoms with E-state index in [-0.39, 0.29) is 12.5 Å². The predicted octanol–water partition coefficient (Wildman–Crippen LogP) is 3.17. The summed E-state index contributed by atoms with van der Waals surface area (Å²) in [5.41, 5.74) is 4.61. The van der Waals surface area contributed by atoms with Crippen LogP contribution in [-0.2, 0) is 0 Å². The standard InChI is InChI=1S/C12H15F5N2/c1-5(2)3-6(18)4-19-12-10(16)8(14)7(13)9(15)11(12)17/h5-6,19H,3-4,18H2,1-2H3. The van der Waals surface area contributed by atoms with Crippen molar-refractivity contribution in [2.75, 3.05) is 11.9 Å². The zero-order valence-corrected chi connectivity index (χ0v) is 10.5. The first-order valence-electron chi connectivity index (χ1n) is 5.76. The minimum absolute atomic E-state index is 0.0868. The Morgan fingerprint density at radius 3 is 1.74 bits per heavy atom. The Hall–Kier alpha value is -1.37. The van der Waals surface area contributed by atoms with Gasteiger partial charge < -0.3 is 11.1 Å². The first-order valence-corrected chi connectivity index (χ1v) is 5.76. The number of nitrogens with one attached hydrogen (secondary N) is 1. The molecule has 108 valence electrons. The smallest absolute Gasteiger partial charge is 0.200 e. The van der Waals surface area contributed by atoms with E-state index < -0.39 is 40.8 Å². The zero-order valence-electron chi connectivity index (χ0n) is 10.5. The molecule has 3 N–H and O–H groups in total. The molecule has 0 radical (unpaired) electrons. The Morgan fingerprint density at radius 1 is 0.895 bits per heavy atom. The highest BCUT2D eigenvalue weighted by atomic mass is 19.2. The number of hydrogen-bond acceptors (Lipinski definition) is 2. The molecule has 1 atom stereocenters. The molecule has 0 aromatic heterocycles. The highest BCUT2D eigenvalue weighted by Gasteiger charge is 2.25. The van der Waals surface area contributed by atoms with Gasteiger partial charge in [-0.25, -0.2) is 22.0 Å². The maximum absolute atomic E-state index is 13.3. The summed E-state index contributed by atoms with van der Waals surface area (Å²) in [5.74, 6) is -9.63. The maximum Gasteiger partial charge on any atom is 0.200 e. The van der Waals surface area contributed by atoms with Crippen molar-refractivity contribution in [3.8, 4) is 0 Å². The molecule has 0 amide bonds. The van der Waals surface area contributed by atoms with Crippen LogP contribution in [0.25, 0.3) is 0 Å². The average molecular weight is 282 g/mol. The molecule has 0 aliphatic carbocycles. The first-order chi connectivity index (χ1) is 8.75. The molecule has 0 aliphatic heterocycles. The second-order valence-electron chi connectivity index (χ2n) is 4.72. The van der Waals surface area contributed by atoms with Crippen LogP contribution in [-0.4, -0.2) is 12.6 Å². The average Bonchev–Trinajstić information content (AvgIpc) is 2.33. The van der Waals surface area contributed by atoms with Gasteiger partial charge in [0.05, 0.1) is 0 Å². The molecule has 0 saturated carbocycles. The molecule has 1 aromatic rings. The fourth-order valence-corrected chi connectivity index (χ4v) is 1.68. The van der Waals surface area contributed by atoms with E-state index in [9.17, 15) is 22.0 Å². The van der Waals surface area contributed by atoms with E-state index in [0.29, 0.717) is 6.42 Å². The van der Waals surface area contributed by atoms with Gasteiger partial charge in [0, 0.05) is 12.6 Å². The molecule has 1 aromatic carbocycles. The quantitative estimate of drug-likeness (QED) is 0.494. The summed E-state index contributed by atoms with van der Waals surface area (Å²) in [5, 5.41) is 2.17. The van der Waals surface area contributed by atoms with Gasteiger partial charge in [-0.3, -0.25) is 0 Å². The molecule has 19 heavy (non-hydrogen) atoms. The molecule has 2 nitrogen and oxygen atoms in total. The van der Waals surface area contributed by atoms with E-state index in [4.69, 9.17) is 5.73 Å². The van der Waals surface area contributed by atoms with Gasteiger partial charge >= 0.3 is 0 Å². The molecule has 1 rings (SSSR count). The minimum atomic E-state index is -2.17. The number of anilines is 1. The normalized spacial score (nSPS) is 12.9. The van der Waals surface area contributed by atoms with E-state index in [1.807, 2.05) is 13.8 Å². The van der Waals surface area contributed by atoms with Crippen molar-refractivity contribution in [2.45, 2.75) is 26.3 Å². The molecular formula is C12H15F5N2. The third kappa shape index (κ3) is 3.56. The molecule has 7 heteroatoms. The molecule has 0 heterocycles. The van der Waals surface area contributed by atoms with Crippen LogP contribution in [0.3, 0.4) is 0 Å². The van der Waals surface area contributed by atoms with Crippen LogP contribution < -0.4 is 11.1 Å². The number of benzene rings is 1. The highest BCUT2D eigenvalue weighted by molar-refractivity contribution is 5.47. The number of rotatable bonds is 5. The molecule has 0 saturated heterocycles. The van der Waals surface area contributed by atoms with E-state index in [1.54, 1.807) is 0 Å². The fourth-order valence-electron chi connectivity index (χ4n) is 1.68. The van der Waals surface area contributed by atoms with Crippen LogP contribution >= 0.6 is 0 Å². The second-order valence-corrected chi connectivity index (χ2v) is 4.72. The Labute approximate surface area is 107 Å². The largest absolute Gasteiger partial charge is 0.379 e. The van der Waals surface area contributed by atoms with Gasteiger partial charge in [-0.1, -0.05) is 13.8 Å². The van der Waals surface area contributed by atoms with E-state index >= 15 is 0 Å². The summed E-state index contributed by atoms with van der Waals surface area (Å²) in [7, 11) is 0. The van der Waals surface area contributed by atoms with Crippen molar-refractivity contribution in [1.82, 2.24) is 0 Å². The third-order valence-electron chi connectivity index (χ3n) is 2.52. The van der Waals surface area contributed by atoms with Crippen LogP contribution in [0.15, 0.2) is 0 Å². The highest BCUT2D eigenvalue weighted by Crippen LogP contribution is 2.27. The second kappa shape index (κ2) is 6.18. The van der Waals surface area contributed by atoms with Gasteiger partial charge in [-0.2, -0.15) is 0 Å². The van der Waals surface area contributed by atoms with Gasteiger partial charge in [-0.15, -0.1) is 0 Å². The number of nitrogens with two attached hydrogens (primary N) is 1. The lowest BCUT2D eigenvalue weighted by atomic mass is 10.0. The maximum atomic E-state index is 13.3. The van der Waals surface area contributed by atoms with Gasteiger partial charge in [0.2, 0.25) is 5.82 Å². The topological polar surface area (TPSA) is 38.0 Å². The molecule has 0 bridgehead atoms. The first kappa shape index (κ1) is 15.7. The number of halogens is 5. The summed E-state index contributed by atoms with van der Waals surface area (Å²) < 4.78 is 65.2. The predicted molar refractivity (Wildman–Crippen MR) is 62.2 cm³/mol. The molecule has 0 aliphatic rings. The number of hydrogen-bond donors (Lipinski definition) is 2. The van der Waals surface area contributed by atoms with Crippen molar-refractivity contribution in [1.29, 1.82) is 0 Å².